The molecule has 57 valence electrons. The molecule has 0 N–H and O–H groups in total. The Hall–Kier alpha value is -0.128. The third kappa shape index (κ3) is 2.24. The molecule has 0 atom stereocenters. The van der Waals surface area contributed by atoms with E-state index in [1.807, 2.05) is 13.0 Å². The molecule has 0 amide bonds. The van der Waals surface area contributed by atoms with Crippen LogP contribution in [0.25, 0.3) is 0 Å². The van der Waals surface area contributed by atoms with Crippen molar-refractivity contribution in [3.63, 3.8) is 0 Å². The van der Waals surface area contributed by atoms with Crippen molar-refractivity contribution in [1.29, 1.82) is 0 Å². The maximum Gasteiger partial charge on any atom is 0.0131 e. The summed E-state index contributed by atoms with van der Waals surface area (Å²) in [6, 6.07) is 2.02. The number of hydrogen-bond donors (Lipinski definition) is 0. The van der Waals surface area contributed by atoms with E-state index in [9.17, 15) is 0 Å². The Labute approximate surface area is 75.1 Å². The normalized spacial score (nSPS) is 9.60. The fourth-order valence-electron chi connectivity index (χ4n) is 0.690. The minimum Gasteiger partial charge on any atom is -0.578 e. The molecular weight excluding hydrogens is 298 g/mol. The van der Waals surface area contributed by atoms with Gasteiger partial charge in [0.25, 0.3) is 0 Å². The molecule has 1 aromatic heterocycles. The van der Waals surface area contributed by atoms with E-state index in [-0.39, 0.29) is 20.4 Å². The standard InChI is InChI=1S/C7H11N2.Re/c1-5(2)7-4-6(3)8-9-7;/h4-5H,1-3H3;/q-1;. The molecule has 0 fully saturated rings. The van der Waals surface area contributed by atoms with Crippen molar-refractivity contribution >= 4 is 0 Å². The summed E-state index contributed by atoms with van der Waals surface area (Å²) in [6.07, 6.45) is 0. The number of nitrogens with zero attached hydrogens (tertiary/aromatic N) is 2. The summed E-state index contributed by atoms with van der Waals surface area (Å²) in [4.78, 5) is 0. The second-order valence-corrected chi connectivity index (χ2v) is 2.57. The molecule has 1 aromatic rings. The molecule has 10 heavy (non-hydrogen) atoms. The van der Waals surface area contributed by atoms with Gasteiger partial charge in [0.05, 0.1) is 0 Å². The monoisotopic (exact) mass is 310 g/mol. The van der Waals surface area contributed by atoms with E-state index in [1.54, 1.807) is 0 Å². The van der Waals surface area contributed by atoms with Gasteiger partial charge in [0.15, 0.2) is 0 Å². The van der Waals surface area contributed by atoms with E-state index in [2.05, 4.69) is 24.0 Å². The van der Waals surface area contributed by atoms with Gasteiger partial charge in [0.2, 0.25) is 0 Å². The van der Waals surface area contributed by atoms with Crippen LogP contribution in [-0.4, -0.2) is 5.10 Å². The van der Waals surface area contributed by atoms with Gasteiger partial charge in [0.1, 0.15) is 0 Å². The molecule has 0 aromatic carbocycles. The summed E-state index contributed by atoms with van der Waals surface area (Å²) in [7, 11) is 0. The third-order valence-electron chi connectivity index (χ3n) is 1.27. The van der Waals surface area contributed by atoms with Gasteiger partial charge >= 0.3 is 0 Å². The topological polar surface area (TPSA) is 27.0 Å². The molecule has 0 aliphatic heterocycles. The van der Waals surface area contributed by atoms with Crippen molar-refractivity contribution in [2.45, 2.75) is 26.7 Å². The molecule has 0 saturated carbocycles. The summed E-state index contributed by atoms with van der Waals surface area (Å²) in [5.41, 5.74) is 2.10. The quantitative estimate of drug-likeness (QED) is 0.785. The molecule has 0 spiro atoms. The summed E-state index contributed by atoms with van der Waals surface area (Å²) in [5.74, 6) is 0.506. The molecule has 2 nitrogen and oxygen atoms in total. The van der Waals surface area contributed by atoms with E-state index in [1.165, 1.54) is 0 Å². The van der Waals surface area contributed by atoms with Gasteiger partial charge in [-0.3, -0.25) is 0 Å². The molecule has 1 radical (unpaired) electrons. The largest absolute Gasteiger partial charge is 0.578 e. The number of hydrogen-bond acceptors (Lipinski definition) is 1. The van der Waals surface area contributed by atoms with E-state index in [0.29, 0.717) is 5.92 Å². The van der Waals surface area contributed by atoms with Gasteiger partial charge in [-0.05, 0) is 12.8 Å². The number of aryl methyl sites for hydroxylation is 1. The summed E-state index contributed by atoms with van der Waals surface area (Å²) >= 11 is 0. The van der Waals surface area contributed by atoms with Crippen LogP contribution in [-0.2, 0) is 20.4 Å². The molecule has 3 heteroatoms. The molecule has 0 bridgehead atoms. The molecule has 1 rings (SSSR count). The van der Waals surface area contributed by atoms with Crippen LogP contribution in [0.5, 0.6) is 0 Å². The van der Waals surface area contributed by atoms with Crippen LogP contribution in [0.4, 0.5) is 0 Å². The Balaban J connectivity index is 0.000000810. The Kier molecular flexibility index (Phi) is 3.85. The first-order valence-electron chi connectivity index (χ1n) is 3.17. The first-order chi connectivity index (χ1) is 4.20. The minimum absolute atomic E-state index is 0. The number of rotatable bonds is 1. The second kappa shape index (κ2) is 3.90. The van der Waals surface area contributed by atoms with Crippen LogP contribution >= 0.6 is 0 Å². The summed E-state index contributed by atoms with van der Waals surface area (Å²) in [6.45, 7) is 6.19. The smallest absolute Gasteiger partial charge is 0.0131 e. The van der Waals surface area contributed by atoms with Crippen molar-refractivity contribution in [3.8, 4) is 0 Å². The van der Waals surface area contributed by atoms with Crippen LogP contribution in [0.3, 0.4) is 0 Å². The Morgan fingerprint density at radius 1 is 1.50 bits per heavy atom. The van der Waals surface area contributed by atoms with Crippen molar-refractivity contribution in [1.82, 2.24) is 10.2 Å². The first-order valence-corrected chi connectivity index (χ1v) is 3.17. The zero-order valence-corrected chi connectivity index (χ0v) is 9.14. The van der Waals surface area contributed by atoms with E-state index >= 15 is 0 Å². The SMILES string of the molecule is Cc1cc(C(C)C)[n-]n1.[Re]. The number of aromatic nitrogens is 2. The summed E-state index contributed by atoms with van der Waals surface area (Å²) in [5, 5.41) is 7.85. The van der Waals surface area contributed by atoms with Gasteiger partial charge in [0, 0.05) is 26.1 Å². The zero-order chi connectivity index (χ0) is 6.85. The van der Waals surface area contributed by atoms with Crippen LogP contribution in [0.2, 0.25) is 0 Å². The van der Waals surface area contributed by atoms with Crippen molar-refractivity contribution in [3.05, 3.63) is 17.5 Å². The molecule has 0 saturated heterocycles. The van der Waals surface area contributed by atoms with Gasteiger partial charge in [-0.2, -0.15) is 0 Å². The zero-order valence-electron chi connectivity index (χ0n) is 6.43. The molecular formula is C7H11N2Re-. The van der Waals surface area contributed by atoms with Crippen LogP contribution < -0.4 is 5.10 Å². The molecule has 0 aliphatic carbocycles. The van der Waals surface area contributed by atoms with E-state index in [4.69, 9.17) is 0 Å². The maximum absolute atomic E-state index is 3.97. The molecule has 0 aliphatic rings. The van der Waals surface area contributed by atoms with E-state index < -0.39 is 0 Å². The minimum atomic E-state index is 0. The molecule has 0 unspecified atom stereocenters. The average Bonchev–Trinajstić information content (AvgIpc) is 2.14. The fraction of sp³-hybridized carbons (Fsp3) is 0.571. The van der Waals surface area contributed by atoms with Gasteiger partial charge < -0.3 is 10.2 Å². The van der Waals surface area contributed by atoms with Gasteiger partial charge in [-0.25, -0.2) is 0 Å². The van der Waals surface area contributed by atoms with Crippen molar-refractivity contribution in [2.24, 2.45) is 0 Å². The van der Waals surface area contributed by atoms with Gasteiger partial charge in [-0.1, -0.05) is 19.9 Å². The predicted octanol–water partition coefficient (Wildman–Crippen LogP) is 1.47. The van der Waals surface area contributed by atoms with Gasteiger partial charge in [-0.15, -0.1) is 5.69 Å². The van der Waals surface area contributed by atoms with E-state index in [0.717, 1.165) is 11.4 Å². The average molecular weight is 309 g/mol. The van der Waals surface area contributed by atoms with Crippen LogP contribution in [0.1, 0.15) is 31.2 Å². The van der Waals surface area contributed by atoms with Crippen molar-refractivity contribution in [2.75, 3.05) is 0 Å². The fourth-order valence-corrected chi connectivity index (χ4v) is 0.690. The Bertz CT molecular complexity index is 193. The maximum atomic E-state index is 3.97. The van der Waals surface area contributed by atoms with Crippen LogP contribution in [0.15, 0.2) is 6.07 Å². The Morgan fingerprint density at radius 3 is 2.30 bits per heavy atom. The Morgan fingerprint density at radius 2 is 2.10 bits per heavy atom. The second-order valence-electron chi connectivity index (χ2n) is 2.57. The molecule has 1 heterocycles. The van der Waals surface area contributed by atoms with Crippen LogP contribution in [0, 0.1) is 6.92 Å². The predicted molar refractivity (Wildman–Crippen MR) is 36.4 cm³/mol. The van der Waals surface area contributed by atoms with Crippen molar-refractivity contribution < 1.29 is 20.4 Å². The first kappa shape index (κ1) is 9.87. The third-order valence-corrected chi connectivity index (χ3v) is 1.27. The summed E-state index contributed by atoms with van der Waals surface area (Å²) < 4.78 is 0.